The van der Waals surface area contributed by atoms with E-state index in [4.69, 9.17) is 4.74 Å². The lowest BCUT2D eigenvalue weighted by Gasteiger charge is -2.16. The van der Waals surface area contributed by atoms with Gasteiger partial charge in [0.05, 0.1) is 17.9 Å². The second kappa shape index (κ2) is 8.93. The number of carbonyl (C=O) groups is 2. The van der Waals surface area contributed by atoms with Crippen molar-refractivity contribution in [2.45, 2.75) is 17.4 Å². The second-order valence-electron chi connectivity index (χ2n) is 4.92. The molecule has 0 radical (unpaired) electrons. The highest BCUT2D eigenvalue weighted by atomic mass is 32.2. The zero-order valence-corrected chi connectivity index (χ0v) is 14.0. The van der Waals surface area contributed by atoms with Gasteiger partial charge in [0.2, 0.25) is 0 Å². The van der Waals surface area contributed by atoms with E-state index >= 15 is 0 Å². The molecule has 0 fully saturated rings. The van der Waals surface area contributed by atoms with Crippen LogP contribution < -0.4 is 5.32 Å². The maximum absolute atomic E-state index is 12.2. The van der Waals surface area contributed by atoms with E-state index in [2.05, 4.69) is 10.3 Å². The number of rotatable bonds is 7. The lowest BCUT2D eigenvalue weighted by Crippen LogP contribution is -2.42. The zero-order chi connectivity index (χ0) is 17.4. The first-order valence-corrected chi connectivity index (χ1v) is 8.67. The van der Waals surface area contributed by atoms with Crippen LogP contribution in [-0.2, 0) is 20.3 Å². The van der Waals surface area contributed by atoms with Crippen molar-refractivity contribution in [3.8, 4) is 0 Å². The van der Waals surface area contributed by atoms with Gasteiger partial charge in [-0.3, -0.25) is 14.0 Å². The lowest BCUT2D eigenvalue weighted by molar-refractivity contribution is -0.142. The summed E-state index contributed by atoms with van der Waals surface area (Å²) < 4.78 is 17.0. The number of esters is 1. The van der Waals surface area contributed by atoms with E-state index in [0.717, 1.165) is 0 Å². The predicted molar refractivity (Wildman–Crippen MR) is 89.8 cm³/mol. The highest BCUT2D eigenvalue weighted by molar-refractivity contribution is 7.85. The first-order chi connectivity index (χ1) is 11.6. The lowest BCUT2D eigenvalue weighted by atomic mass is 10.2. The van der Waals surface area contributed by atoms with Crippen molar-refractivity contribution in [2.75, 3.05) is 12.9 Å². The van der Waals surface area contributed by atoms with Crippen LogP contribution in [0.25, 0.3) is 0 Å². The van der Waals surface area contributed by atoms with E-state index in [9.17, 15) is 13.8 Å². The third-order valence-corrected chi connectivity index (χ3v) is 4.69. The van der Waals surface area contributed by atoms with Crippen LogP contribution in [0.4, 0.5) is 0 Å². The van der Waals surface area contributed by atoms with E-state index in [-0.39, 0.29) is 17.9 Å². The molecule has 0 aliphatic rings. The molecule has 0 aliphatic heterocycles. The fourth-order valence-electron chi connectivity index (χ4n) is 2.04. The van der Waals surface area contributed by atoms with Gasteiger partial charge < -0.3 is 10.1 Å². The van der Waals surface area contributed by atoms with Gasteiger partial charge in [0, 0.05) is 16.8 Å². The Balaban J connectivity index is 2.00. The third kappa shape index (κ3) is 4.99. The van der Waals surface area contributed by atoms with Gasteiger partial charge in [-0.05, 0) is 30.7 Å². The quantitative estimate of drug-likeness (QED) is 0.769. The van der Waals surface area contributed by atoms with E-state index < -0.39 is 28.7 Å². The van der Waals surface area contributed by atoms with E-state index in [1.165, 1.54) is 13.3 Å². The monoisotopic (exact) mass is 346 g/mol. The van der Waals surface area contributed by atoms with Crippen molar-refractivity contribution < 1.29 is 18.5 Å². The number of carbonyl (C=O) groups excluding carboxylic acids is 2. The molecule has 0 aliphatic carbocycles. The van der Waals surface area contributed by atoms with Crippen molar-refractivity contribution in [3.05, 3.63) is 60.4 Å². The molecule has 0 spiro atoms. The fourth-order valence-corrected chi connectivity index (χ4v) is 3.18. The van der Waals surface area contributed by atoms with Crippen LogP contribution in [-0.4, -0.2) is 40.0 Å². The van der Waals surface area contributed by atoms with Crippen LogP contribution in [0.2, 0.25) is 0 Å². The number of nitrogens with one attached hydrogen (secondary N) is 1. The van der Waals surface area contributed by atoms with Crippen LogP contribution in [0.15, 0.2) is 59.6 Å². The summed E-state index contributed by atoms with van der Waals surface area (Å²) >= 11 is 0. The fraction of sp³-hybridized carbons (Fsp3) is 0.235. The van der Waals surface area contributed by atoms with Crippen molar-refractivity contribution >= 4 is 22.7 Å². The first-order valence-electron chi connectivity index (χ1n) is 7.35. The molecule has 24 heavy (non-hydrogen) atoms. The third-order valence-electron chi connectivity index (χ3n) is 3.29. The summed E-state index contributed by atoms with van der Waals surface area (Å²) in [7, 11) is -0.0101. The van der Waals surface area contributed by atoms with Crippen molar-refractivity contribution in [3.63, 3.8) is 0 Å². The van der Waals surface area contributed by atoms with E-state index in [1.54, 1.807) is 42.5 Å². The van der Waals surface area contributed by atoms with Gasteiger partial charge >= 0.3 is 5.97 Å². The van der Waals surface area contributed by atoms with Gasteiger partial charge in [0.1, 0.15) is 11.7 Å². The standard InChI is InChI=1S/C17H18N2O4S/c1-23-17(21)15(19-16(20)14-9-5-6-11-18-14)10-12-24(22)13-7-3-2-4-8-13/h2-9,11,15H,10,12H2,1H3,(H,19,20)/t15-,24+/m1/s1. The smallest absolute Gasteiger partial charge is 0.328 e. The predicted octanol–water partition coefficient (Wildman–Crippen LogP) is 1.55. The largest absolute Gasteiger partial charge is 0.467 e. The molecule has 1 N–H and O–H groups in total. The Morgan fingerprint density at radius 2 is 1.88 bits per heavy atom. The van der Waals surface area contributed by atoms with Crippen LogP contribution in [0.3, 0.4) is 0 Å². The molecule has 126 valence electrons. The molecule has 1 aromatic carbocycles. The normalized spacial score (nSPS) is 12.9. The number of amides is 1. The Labute approximate surface area is 142 Å². The Kier molecular flexibility index (Phi) is 6.62. The number of benzene rings is 1. The molecule has 0 saturated heterocycles. The van der Waals surface area contributed by atoms with Gasteiger partial charge in [0.25, 0.3) is 5.91 Å². The Morgan fingerprint density at radius 3 is 2.50 bits per heavy atom. The SMILES string of the molecule is COC(=O)[C@@H](CC[S@](=O)c1ccccc1)NC(=O)c1ccccn1. The number of hydrogen-bond acceptors (Lipinski definition) is 5. The number of aromatic nitrogens is 1. The van der Waals surface area contributed by atoms with E-state index in [0.29, 0.717) is 4.90 Å². The summed E-state index contributed by atoms with van der Waals surface area (Å²) in [5, 5.41) is 2.58. The molecule has 2 atom stereocenters. The summed E-state index contributed by atoms with van der Waals surface area (Å²) in [6, 6.07) is 13.0. The highest BCUT2D eigenvalue weighted by Gasteiger charge is 2.23. The summed E-state index contributed by atoms with van der Waals surface area (Å²) in [6.07, 6.45) is 1.69. The molecule has 2 aromatic rings. The first kappa shape index (κ1) is 17.8. The molecule has 0 saturated carbocycles. The Bertz CT molecular complexity index is 707. The summed E-state index contributed by atoms with van der Waals surface area (Å²) in [6.45, 7) is 0. The second-order valence-corrected chi connectivity index (χ2v) is 6.49. The minimum absolute atomic E-state index is 0.201. The van der Waals surface area contributed by atoms with Crippen molar-refractivity contribution in [1.29, 1.82) is 0 Å². The molecule has 0 bridgehead atoms. The topological polar surface area (TPSA) is 85.4 Å². The van der Waals surface area contributed by atoms with Crippen molar-refractivity contribution in [2.24, 2.45) is 0 Å². The summed E-state index contributed by atoms with van der Waals surface area (Å²) in [5.74, 6) is -0.826. The van der Waals surface area contributed by atoms with E-state index in [1.807, 2.05) is 6.07 Å². The number of ether oxygens (including phenoxy) is 1. The van der Waals surface area contributed by atoms with Crippen LogP contribution >= 0.6 is 0 Å². The van der Waals surface area contributed by atoms with Crippen LogP contribution in [0.1, 0.15) is 16.9 Å². The number of methoxy groups -OCH3 is 1. The van der Waals surface area contributed by atoms with Gasteiger partial charge in [-0.25, -0.2) is 4.79 Å². The number of hydrogen-bond donors (Lipinski definition) is 1. The molecule has 0 unspecified atom stereocenters. The molecule has 1 aromatic heterocycles. The Hall–Kier alpha value is -2.54. The molecular weight excluding hydrogens is 328 g/mol. The molecule has 1 heterocycles. The van der Waals surface area contributed by atoms with Gasteiger partial charge in [-0.1, -0.05) is 24.3 Å². The maximum Gasteiger partial charge on any atom is 0.328 e. The van der Waals surface area contributed by atoms with Crippen LogP contribution in [0.5, 0.6) is 0 Å². The molecule has 6 nitrogen and oxygen atoms in total. The molecule has 1 amide bonds. The molecular formula is C17H18N2O4S. The average Bonchev–Trinajstić information content (AvgIpc) is 2.65. The molecule has 7 heteroatoms. The molecule has 2 rings (SSSR count). The minimum Gasteiger partial charge on any atom is -0.467 e. The Morgan fingerprint density at radius 1 is 1.17 bits per heavy atom. The van der Waals surface area contributed by atoms with Gasteiger partial charge in [0.15, 0.2) is 0 Å². The maximum atomic E-state index is 12.2. The summed E-state index contributed by atoms with van der Waals surface area (Å²) in [4.78, 5) is 28.6. The highest BCUT2D eigenvalue weighted by Crippen LogP contribution is 2.09. The van der Waals surface area contributed by atoms with Crippen molar-refractivity contribution in [1.82, 2.24) is 10.3 Å². The average molecular weight is 346 g/mol. The summed E-state index contributed by atoms with van der Waals surface area (Å²) in [5.41, 5.74) is 0.204. The zero-order valence-electron chi connectivity index (χ0n) is 13.2. The van der Waals surface area contributed by atoms with Crippen LogP contribution in [0, 0.1) is 0 Å². The number of pyridine rings is 1. The van der Waals surface area contributed by atoms with Gasteiger partial charge in [-0.2, -0.15) is 0 Å². The van der Waals surface area contributed by atoms with Gasteiger partial charge in [-0.15, -0.1) is 0 Å². The number of nitrogens with zero attached hydrogens (tertiary/aromatic N) is 1. The minimum atomic E-state index is -1.26.